The maximum atomic E-state index is 12.0. The van der Waals surface area contributed by atoms with E-state index in [2.05, 4.69) is 52.9 Å². The number of halogens is 3. The lowest BCUT2D eigenvalue weighted by Crippen LogP contribution is -2.34. The molecule has 0 aliphatic heterocycles. The summed E-state index contributed by atoms with van der Waals surface area (Å²) in [6.45, 7) is 0. The van der Waals surface area contributed by atoms with E-state index in [0.29, 0.717) is 13.7 Å². The number of para-hydroxylation sites is 1. The van der Waals surface area contributed by atoms with Gasteiger partial charge in [-0.25, -0.2) is 4.79 Å². The predicted molar refractivity (Wildman–Crippen MR) is 82.1 cm³/mol. The van der Waals surface area contributed by atoms with Gasteiger partial charge in [-0.2, -0.15) is 0 Å². The number of benzene rings is 1. The van der Waals surface area contributed by atoms with Crippen molar-refractivity contribution in [1.82, 2.24) is 9.94 Å². The molecule has 0 saturated carbocycles. The van der Waals surface area contributed by atoms with Gasteiger partial charge in [0.05, 0.1) is 4.47 Å². The van der Waals surface area contributed by atoms with Crippen LogP contribution in [0.25, 0.3) is 0 Å². The lowest BCUT2D eigenvalue weighted by molar-refractivity contribution is 0.120. The Morgan fingerprint density at radius 2 is 1.89 bits per heavy atom. The van der Waals surface area contributed by atoms with Crippen LogP contribution < -0.4 is 9.74 Å². The SMILES string of the molecule is CN(C(=O)On1nc(Br)c(Br)c1Br)c1ccccc1. The number of carbonyl (C=O) groups excluding carboxylic acids is 1. The first-order valence-electron chi connectivity index (χ1n) is 5.11. The number of anilines is 1. The Bertz CT molecular complexity index is 601. The van der Waals surface area contributed by atoms with Gasteiger partial charge in [0.25, 0.3) is 0 Å². The molecule has 0 unspecified atom stereocenters. The van der Waals surface area contributed by atoms with Crippen molar-refractivity contribution >= 4 is 59.6 Å². The summed E-state index contributed by atoms with van der Waals surface area (Å²) in [6, 6.07) is 9.18. The van der Waals surface area contributed by atoms with Gasteiger partial charge in [0, 0.05) is 12.7 Å². The summed E-state index contributed by atoms with van der Waals surface area (Å²) in [4.78, 5) is 19.6. The summed E-state index contributed by atoms with van der Waals surface area (Å²) in [5.74, 6) is 0. The van der Waals surface area contributed by atoms with E-state index < -0.39 is 6.09 Å². The van der Waals surface area contributed by atoms with E-state index in [1.165, 1.54) is 4.90 Å². The van der Waals surface area contributed by atoms with Crippen molar-refractivity contribution < 1.29 is 9.63 Å². The lowest BCUT2D eigenvalue weighted by atomic mass is 10.3. The van der Waals surface area contributed by atoms with Gasteiger partial charge in [-0.1, -0.05) is 23.0 Å². The van der Waals surface area contributed by atoms with Crippen molar-refractivity contribution in [3.63, 3.8) is 0 Å². The third kappa shape index (κ3) is 3.18. The highest BCUT2D eigenvalue weighted by Crippen LogP contribution is 2.29. The fourth-order valence-corrected chi connectivity index (χ4v) is 2.46. The van der Waals surface area contributed by atoms with Crippen LogP contribution in [0, 0.1) is 0 Å². The largest absolute Gasteiger partial charge is 0.440 e. The average molecular weight is 454 g/mol. The Labute approximate surface area is 134 Å². The van der Waals surface area contributed by atoms with Crippen LogP contribution in [0.1, 0.15) is 0 Å². The number of rotatable bonds is 2. The molecule has 1 heterocycles. The number of aromatic nitrogens is 2. The van der Waals surface area contributed by atoms with Gasteiger partial charge in [-0.15, -0.1) is 5.10 Å². The zero-order valence-electron chi connectivity index (χ0n) is 9.68. The minimum atomic E-state index is -0.547. The van der Waals surface area contributed by atoms with Crippen molar-refractivity contribution in [2.24, 2.45) is 0 Å². The third-order valence-corrected chi connectivity index (χ3v) is 5.36. The molecule has 2 aromatic rings. The molecule has 1 aromatic heterocycles. The van der Waals surface area contributed by atoms with Crippen molar-refractivity contribution in [2.45, 2.75) is 0 Å². The monoisotopic (exact) mass is 451 g/mol. The summed E-state index contributed by atoms with van der Waals surface area (Å²) < 4.78 is 1.71. The molecule has 5 nitrogen and oxygen atoms in total. The number of nitrogens with zero attached hydrogens (tertiary/aromatic N) is 3. The topological polar surface area (TPSA) is 47.4 Å². The molecule has 0 spiro atoms. The molecular weight excluding hydrogens is 446 g/mol. The predicted octanol–water partition coefficient (Wildman–Crippen LogP) is 3.86. The van der Waals surface area contributed by atoms with Gasteiger partial charge in [0.15, 0.2) is 4.60 Å². The van der Waals surface area contributed by atoms with E-state index in [1.807, 2.05) is 30.3 Å². The second-order valence-electron chi connectivity index (χ2n) is 3.52. The van der Waals surface area contributed by atoms with Gasteiger partial charge in [0.1, 0.15) is 4.60 Å². The Balaban J connectivity index is 2.15. The molecule has 0 atom stereocenters. The van der Waals surface area contributed by atoms with Gasteiger partial charge in [-0.05, 0) is 59.9 Å². The molecule has 0 radical (unpaired) electrons. The fourth-order valence-electron chi connectivity index (χ4n) is 1.29. The second kappa shape index (κ2) is 6.06. The molecule has 100 valence electrons. The molecule has 0 fully saturated rings. The standard InChI is InChI=1S/C11H8Br3N3O2/c1-16(7-5-3-2-4-6-7)11(18)19-17-10(14)8(12)9(13)15-17/h2-6H,1H3. The number of carbonyl (C=O) groups is 1. The van der Waals surface area contributed by atoms with Gasteiger partial charge < -0.3 is 0 Å². The van der Waals surface area contributed by atoms with Crippen molar-refractivity contribution in [1.29, 1.82) is 0 Å². The second-order valence-corrected chi connectivity index (χ2v) is 5.82. The van der Waals surface area contributed by atoms with Crippen molar-refractivity contribution in [3.05, 3.63) is 44.0 Å². The van der Waals surface area contributed by atoms with Crippen LogP contribution >= 0.6 is 47.8 Å². The van der Waals surface area contributed by atoms with E-state index in [9.17, 15) is 4.79 Å². The van der Waals surface area contributed by atoms with Crippen molar-refractivity contribution in [2.75, 3.05) is 11.9 Å². The smallest absolute Gasteiger partial charge is 0.298 e. The van der Waals surface area contributed by atoms with Crippen LogP contribution in [0.15, 0.2) is 44.0 Å². The summed E-state index contributed by atoms with van der Waals surface area (Å²) in [5, 5.41) is 4.00. The van der Waals surface area contributed by atoms with Crippen LogP contribution in [-0.2, 0) is 0 Å². The maximum absolute atomic E-state index is 12.0. The van der Waals surface area contributed by atoms with Gasteiger partial charge >= 0.3 is 6.09 Å². The summed E-state index contributed by atoms with van der Waals surface area (Å²) in [6.07, 6.45) is -0.547. The molecule has 19 heavy (non-hydrogen) atoms. The van der Waals surface area contributed by atoms with E-state index in [1.54, 1.807) is 7.05 Å². The Kier molecular flexibility index (Phi) is 4.64. The molecule has 0 N–H and O–H groups in total. The van der Waals surface area contributed by atoms with E-state index in [0.717, 1.165) is 10.5 Å². The van der Waals surface area contributed by atoms with Crippen LogP contribution in [0.2, 0.25) is 0 Å². The third-order valence-electron chi connectivity index (χ3n) is 2.29. The molecular formula is C11H8Br3N3O2. The number of amides is 1. The highest BCUT2D eigenvalue weighted by molar-refractivity contribution is 9.14. The highest BCUT2D eigenvalue weighted by atomic mass is 79.9. The van der Waals surface area contributed by atoms with Crippen LogP contribution in [0.4, 0.5) is 10.5 Å². The Morgan fingerprint density at radius 1 is 1.26 bits per heavy atom. The highest BCUT2D eigenvalue weighted by Gasteiger charge is 2.18. The Morgan fingerprint density at radius 3 is 2.42 bits per heavy atom. The molecule has 8 heteroatoms. The minimum absolute atomic E-state index is 0.509. The minimum Gasteiger partial charge on any atom is -0.298 e. The van der Waals surface area contributed by atoms with Gasteiger partial charge in [-0.3, -0.25) is 9.74 Å². The molecule has 0 aliphatic carbocycles. The van der Waals surface area contributed by atoms with Crippen LogP contribution in [-0.4, -0.2) is 23.1 Å². The fraction of sp³-hybridized carbons (Fsp3) is 0.0909. The van der Waals surface area contributed by atoms with Gasteiger partial charge in [0.2, 0.25) is 0 Å². The molecule has 0 saturated heterocycles. The number of hydrogen-bond acceptors (Lipinski definition) is 3. The lowest BCUT2D eigenvalue weighted by Gasteiger charge is -2.16. The van der Waals surface area contributed by atoms with E-state index in [4.69, 9.17) is 4.84 Å². The Hall–Kier alpha value is -0.860. The molecule has 2 rings (SSSR count). The van der Waals surface area contributed by atoms with Crippen LogP contribution in [0.3, 0.4) is 0 Å². The zero-order valence-corrected chi connectivity index (χ0v) is 14.4. The van der Waals surface area contributed by atoms with E-state index in [-0.39, 0.29) is 0 Å². The maximum Gasteiger partial charge on any atom is 0.440 e. The first-order valence-corrected chi connectivity index (χ1v) is 7.49. The first-order chi connectivity index (χ1) is 9.00. The summed E-state index contributed by atoms with van der Waals surface area (Å²) >= 11 is 9.78. The quantitative estimate of drug-likeness (QED) is 0.693. The normalized spacial score (nSPS) is 10.3. The average Bonchev–Trinajstić information content (AvgIpc) is 2.66. The summed E-state index contributed by atoms with van der Waals surface area (Å²) in [5.41, 5.74) is 0.730. The van der Waals surface area contributed by atoms with E-state index >= 15 is 0 Å². The van der Waals surface area contributed by atoms with Crippen LogP contribution in [0.5, 0.6) is 0 Å². The molecule has 1 aromatic carbocycles. The molecule has 0 aliphatic rings. The zero-order chi connectivity index (χ0) is 14.0. The first kappa shape index (κ1) is 14.5. The summed E-state index contributed by atoms with van der Waals surface area (Å²) in [7, 11) is 1.62. The van der Waals surface area contributed by atoms with Crippen molar-refractivity contribution in [3.8, 4) is 0 Å². The number of hydrogen-bond donors (Lipinski definition) is 0. The molecule has 0 bridgehead atoms. The molecule has 1 amide bonds.